The molecule has 0 fully saturated rings. The lowest BCUT2D eigenvalue weighted by atomic mass is 10.0. The summed E-state index contributed by atoms with van der Waals surface area (Å²) in [5.74, 6) is 0.961. The van der Waals surface area contributed by atoms with E-state index in [1.54, 1.807) is 6.07 Å². The summed E-state index contributed by atoms with van der Waals surface area (Å²) >= 11 is 0. The summed E-state index contributed by atoms with van der Waals surface area (Å²) in [5, 5.41) is 2.79. The van der Waals surface area contributed by atoms with E-state index in [0.717, 1.165) is 0 Å². The largest absolute Gasteiger partial charge is 0.478 e. The molecule has 1 aliphatic heterocycles. The first-order valence-electron chi connectivity index (χ1n) is 5.44. The van der Waals surface area contributed by atoms with Crippen molar-refractivity contribution in [2.24, 2.45) is 5.92 Å². The van der Waals surface area contributed by atoms with E-state index in [2.05, 4.69) is 19.2 Å². The Bertz CT molecular complexity index is 415. The highest BCUT2D eigenvalue weighted by atomic mass is 16.5. The molecule has 0 saturated heterocycles. The molecule has 0 aromatic heterocycles. The van der Waals surface area contributed by atoms with Gasteiger partial charge < -0.3 is 15.8 Å². The van der Waals surface area contributed by atoms with Crippen LogP contribution in [0, 0.1) is 5.92 Å². The molecule has 0 aliphatic carbocycles. The highest BCUT2D eigenvalue weighted by Crippen LogP contribution is 2.35. The fraction of sp³-hybridized carbons (Fsp3) is 0.417. The minimum absolute atomic E-state index is 0.112. The van der Waals surface area contributed by atoms with E-state index in [-0.39, 0.29) is 5.91 Å². The molecule has 0 spiro atoms. The summed E-state index contributed by atoms with van der Waals surface area (Å²) in [7, 11) is 0. The van der Waals surface area contributed by atoms with Crippen molar-refractivity contribution in [2.45, 2.75) is 26.4 Å². The maximum Gasteiger partial charge on any atom is 0.265 e. The van der Waals surface area contributed by atoms with Gasteiger partial charge in [0, 0.05) is 0 Å². The first-order chi connectivity index (χ1) is 7.58. The van der Waals surface area contributed by atoms with Crippen molar-refractivity contribution in [1.29, 1.82) is 0 Å². The van der Waals surface area contributed by atoms with Crippen LogP contribution >= 0.6 is 0 Å². The Morgan fingerprint density at radius 1 is 1.50 bits per heavy atom. The van der Waals surface area contributed by atoms with E-state index in [0.29, 0.717) is 29.5 Å². The maximum absolute atomic E-state index is 11.8. The number of carbonyl (C=O) groups is 1. The van der Waals surface area contributed by atoms with E-state index in [1.807, 2.05) is 12.1 Å². The second-order valence-corrected chi connectivity index (χ2v) is 4.45. The molecule has 4 heteroatoms. The Hall–Kier alpha value is -1.71. The Morgan fingerprint density at radius 2 is 2.25 bits per heavy atom. The van der Waals surface area contributed by atoms with Crippen LogP contribution in [-0.2, 0) is 4.79 Å². The molecule has 1 aliphatic rings. The molecule has 1 unspecified atom stereocenters. The van der Waals surface area contributed by atoms with Gasteiger partial charge in [-0.1, -0.05) is 19.9 Å². The van der Waals surface area contributed by atoms with Gasteiger partial charge in [-0.3, -0.25) is 4.79 Å². The molecule has 16 heavy (non-hydrogen) atoms. The summed E-state index contributed by atoms with van der Waals surface area (Å²) in [5.41, 5.74) is 6.88. The first kappa shape index (κ1) is 10.8. The number of benzene rings is 1. The lowest BCUT2D eigenvalue weighted by Gasteiger charge is -2.27. The van der Waals surface area contributed by atoms with Crippen molar-refractivity contribution in [2.75, 3.05) is 11.1 Å². The third kappa shape index (κ3) is 1.96. The van der Waals surface area contributed by atoms with Gasteiger partial charge in [0.1, 0.15) is 11.4 Å². The quantitative estimate of drug-likeness (QED) is 0.749. The van der Waals surface area contributed by atoms with Crippen molar-refractivity contribution in [3.05, 3.63) is 18.2 Å². The van der Waals surface area contributed by atoms with Crippen LogP contribution in [0.2, 0.25) is 0 Å². The molecule has 3 N–H and O–H groups in total. The van der Waals surface area contributed by atoms with Crippen molar-refractivity contribution in [3.8, 4) is 5.75 Å². The molecule has 1 atom stereocenters. The topological polar surface area (TPSA) is 64.3 Å². The standard InChI is InChI=1S/C12H16N2O2/c1-7(2)6-10-12(15)14-11-8(13)4-3-5-9(11)16-10/h3-5,7,10H,6,13H2,1-2H3,(H,14,15). The van der Waals surface area contributed by atoms with Gasteiger partial charge in [0.15, 0.2) is 6.10 Å². The normalized spacial score (nSPS) is 18.9. The van der Waals surface area contributed by atoms with E-state index < -0.39 is 6.10 Å². The van der Waals surface area contributed by atoms with Gasteiger partial charge in [0.25, 0.3) is 5.91 Å². The zero-order chi connectivity index (χ0) is 11.7. The van der Waals surface area contributed by atoms with Crippen LogP contribution in [0.25, 0.3) is 0 Å². The van der Waals surface area contributed by atoms with Crippen LogP contribution in [0.3, 0.4) is 0 Å². The van der Waals surface area contributed by atoms with Gasteiger partial charge in [-0.05, 0) is 24.5 Å². The number of amides is 1. The second-order valence-electron chi connectivity index (χ2n) is 4.45. The van der Waals surface area contributed by atoms with Crippen LogP contribution in [0.4, 0.5) is 11.4 Å². The average molecular weight is 220 g/mol. The fourth-order valence-corrected chi connectivity index (χ4v) is 1.77. The Morgan fingerprint density at radius 3 is 2.94 bits per heavy atom. The number of para-hydroxylation sites is 1. The van der Waals surface area contributed by atoms with Gasteiger partial charge in [-0.2, -0.15) is 0 Å². The molecule has 0 bridgehead atoms. The van der Waals surface area contributed by atoms with E-state index >= 15 is 0 Å². The predicted molar refractivity (Wildman–Crippen MR) is 63.4 cm³/mol. The third-order valence-electron chi connectivity index (χ3n) is 2.55. The third-order valence-corrected chi connectivity index (χ3v) is 2.55. The molecular formula is C12H16N2O2. The molecule has 2 rings (SSSR count). The molecule has 1 amide bonds. The molecule has 1 heterocycles. The second kappa shape index (κ2) is 4.04. The lowest BCUT2D eigenvalue weighted by molar-refractivity contribution is -0.124. The Labute approximate surface area is 94.8 Å². The average Bonchev–Trinajstić information content (AvgIpc) is 2.20. The van der Waals surface area contributed by atoms with Crippen LogP contribution in [0.15, 0.2) is 18.2 Å². The number of hydrogen-bond donors (Lipinski definition) is 2. The van der Waals surface area contributed by atoms with Gasteiger partial charge in [-0.25, -0.2) is 0 Å². The van der Waals surface area contributed by atoms with Crippen molar-refractivity contribution in [3.63, 3.8) is 0 Å². The number of rotatable bonds is 2. The predicted octanol–water partition coefficient (Wildman–Crippen LogP) is 2.01. The van der Waals surface area contributed by atoms with E-state index in [9.17, 15) is 4.79 Å². The van der Waals surface area contributed by atoms with Crippen molar-refractivity contribution >= 4 is 17.3 Å². The number of nitrogens with two attached hydrogens (primary N) is 1. The molecule has 86 valence electrons. The Kier molecular flexibility index (Phi) is 2.73. The number of ether oxygens (including phenoxy) is 1. The summed E-state index contributed by atoms with van der Waals surface area (Å²) in [4.78, 5) is 11.8. The molecule has 1 aromatic rings. The van der Waals surface area contributed by atoms with Gasteiger partial charge in [0.05, 0.1) is 5.69 Å². The SMILES string of the molecule is CC(C)CC1Oc2cccc(N)c2NC1=O. The van der Waals surface area contributed by atoms with Gasteiger partial charge >= 0.3 is 0 Å². The fourth-order valence-electron chi connectivity index (χ4n) is 1.77. The van der Waals surface area contributed by atoms with Crippen LogP contribution < -0.4 is 15.8 Å². The van der Waals surface area contributed by atoms with E-state index in [1.165, 1.54) is 0 Å². The maximum atomic E-state index is 11.8. The molecule has 0 saturated carbocycles. The van der Waals surface area contributed by atoms with Crippen LogP contribution in [0.5, 0.6) is 5.75 Å². The van der Waals surface area contributed by atoms with Crippen LogP contribution in [0.1, 0.15) is 20.3 Å². The van der Waals surface area contributed by atoms with Crippen LogP contribution in [-0.4, -0.2) is 12.0 Å². The highest BCUT2D eigenvalue weighted by Gasteiger charge is 2.28. The van der Waals surface area contributed by atoms with Crippen molar-refractivity contribution < 1.29 is 9.53 Å². The number of nitrogens with one attached hydrogen (secondary N) is 1. The first-order valence-corrected chi connectivity index (χ1v) is 5.44. The lowest BCUT2D eigenvalue weighted by Crippen LogP contribution is -2.38. The molecule has 4 nitrogen and oxygen atoms in total. The van der Waals surface area contributed by atoms with E-state index in [4.69, 9.17) is 10.5 Å². The summed E-state index contributed by atoms with van der Waals surface area (Å²) in [6.45, 7) is 4.12. The molecule has 1 aromatic carbocycles. The smallest absolute Gasteiger partial charge is 0.265 e. The molecule has 0 radical (unpaired) electrons. The van der Waals surface area contributed by atoms with Crippen molar-refractivity contribution in [1.82, 2.24) is 0 Å². The number of nitrogen functional groups attached to an aromatic ring is 1. The van der Waals surface area contributed by atoms with Gasteiger partial charge in [-0.15, -0.1) is 0 Å². The zero-order valence-corrected chi connectivity index (χ0v) is 9.49. The summed E-state index contributed by atoms with van der Waals surface area (Å²) in [6.07, 6.45) is 0.300. The number of hydrogen-bond acceptors (Lipinski definition) is 3. The number of fused-ring (bicyclic) bond motifs is 1. The summed E-state index contributed by atoms with van der Waals surface area (Å²) < 4.78 is 5.64. The van der Waals surface area contributed by atoms with Gasteiger partial charge in [0.2, 0.25) is 0 Å². The Balaban J connectivity index is 2.25. The number of anilines is 2. The minimum Gasteiger partial charge on any atom is -0.478 e. The highest BCUT2D eigenvalue weighted by molar-refractivity contribution is 6.00. The monoisotopic (exact) mass is 220 g/mol. The zero-order valence-electron chi connectivity index (χ0n) is 9.49. The number of carbonyl (C=O) groups excluding carboxylic acids is 1. The minimum atomic E-state index is -0.408. The summed E-state index contributed by atoms with van der Waals surface area (Å²) in [6, 6.07) is 5.38. The molecular weight excluding hydrogens is 204 g/mol.